The maximum Gasteiger partial charge on any atom is 0.321 e. The van der Waals surface area contributed by atoms with Gasteiger partial charge in [-0.3, -0.25) is 4.79 Å². The standard InChI is InChI=1S/C17H26N4O2/c1-12(13(2)18)16(22)19-15-8-10-21(11-9-15)17(23)20-14-6-4-3-5-7-14/h3-7,12-13,15H,8-11,18H2,1-2H3,(H,19,22)(H,20,23). The van der Waals surface area contributed by atoms with Crippen molar-refractivity contribution >= 4 is 17.6 Å². The van der Waals surface area contributed by atoms with Crippen LogP contribution < -0.4 is 16.4 Å². The maximum absolute atomic E-state index is 12.2. The zero-order chi connectivity index (χ0) is 16.8. The third-order valence-electron chi connectivity index (χ3n) is 4.36. The van der Waals surface area contributed by atoms with E-state index in [1.54, 1.807) is 4.90 Å². The predicted molar refractivity (Wildman–Crippen MR) is 91.0 cm³/mol. The number of amides is 3. The molecule has 23 heavy (non-hydrogen) atoms. The molecule has 4 N–H and O–H groups in total. The molecule has 0 bridgehead atoms. The van der Waals surface area contributed by atoms with Crippen molar-refractivity contribution in [1.29, 1.82) is 0 Å². The Morgan fingerprint density at radius 1 is 1.17 bits per heavy atom. The molecule has 126 valence electrons. The normalized spacial score (nSPS) is 18.1. The first-order valence-electron chi connectivity index (χ1n) is 8.14. The van der Waals surface area contributed by atoms with Crippen molar-refractivity contribution < 1.29 is 9.59 Å². The highest BCUT2D eigenvalue weighted by molar-refractivity contribution is 5.89. The van der Waals surface area contributed by atoms with E-state index in [2.05, 4.69) is 10.6 Å². The number of benzene rings is 1. The molecular weight excluding hydrogens is 292 g/mol. The van der Waals surface area contributed by atoms with Crippen molar-refractivity contribution in [1.82, 2.24) is 10.2 Å². The topological polar surface area (TPSA) is 87.5 Å². The molecule has 1 aliphatic heterocycles. The average Bonchev–Trinajstić information content (AvgIpc) is 2.55. The lowest BCUT2D eigenvalue weighted by Crippen LogP contribution is -2.50. The summed E-state index contributed by atoms with van der Waals surface area (Å²) in [6, 6.07) is 9.27. The Morgan fingerprint density at radius 3 is 2.35 bits per heavy atom. The van der Waals surface area contributed by atoms with Crippen LogP contribution in [0.1, 0.15) is 26.7 Å². The number of nitrogens with one attached hydrogen (secondary N) is 2. The van der Waals surface area contributed by atoms with Gasteiger partial charge in [-0.25, -0.2) is 4.79 Å². The molecule has 2 unspecified atom stereocenters. The van der Waals surface area contributed by atoms with Crippen LogP contribution in [0.5, 0.6) is 0 Å². The van der Waals surface area contributed by atoms with Gasteiger partial charge in [0.15, 0.2) is 0 Å². The molecule has 0 saturated carbocycles. The van der Waals surface area contributed by atoms with Crippen LogP contribution >= 0.6 is 0 Å². The van der Waals surface area contributed by atoms with Gasteiger partial charge in [0.1, 0.15) is 0 Å². The van der Waals surface area contributed by atoms with Crippen molar-refractivity contribution in [2.24, 2.45) is 11.7 Å². The molecule has 6 heteroatoms. The van der Waals surface area contributed by atoms with Crippen LogP contribution in [0, 0.1) is 5.92 Å². The van der Waals surface area contributed by atoms with E-state index in [1.165, 1.54) is 0 Å². The lowest BCUT2D eigenvalue weighted by molar-refractivity contribution is -0.125. The van der Waals surface area contributed by atoms with Crippen molar-refractivity contribution in [3.8, 4) is 0 Å². The van der Waals surface area contributed by atoms with Gasteiger partial charge in [0.05, 0.1) is 0 Å². The minimum absolute atomic E-state index is 0.00723. The van der Waals surface area contributed by atoms with Gasteiger partial charge in [0.2, 0.25) is 5.91 Å². The van der Waals surface area contributed by atoms with E-state index in [4.69, 9.17) is 5.73 Å². The van der Waals surface area contributed by atoms with Crippen molar-refractivity contribution in [3.63, 3.8) is 0 Å². The summed E-state index contributed by atoms with van der Waals surface area (Å²) in [6.07, 6.45) is 1.53. The summed E-state index contributed by atoms with van der Waals surface area (Å²) in [6.45, 7) is 4.94. The van der Waals surface area contributed by atoms with Gasteiger partial charge < -0.3 is 21.3 Å². The highest BCUT2D eigenvalue weighted by Crippen LogP contribution is 2.14. The molecule has 1 fully saturated rings. The number of carbonyl (C=O) groups is 2. The highest BCUT2D eigenvalue weighted by atomic mass is 16.2. The van der Waals surface area contributed by atoms with Gasteiger partial charge in [-0.1, -0.05) is 25.1 Å². The van der Waals surface area contributed by atoms with Crippen LogP contribution in [0.25, 0.3) is 0 Å². The second-order valence-electron chi connectivity index (χ2n) is 6.21. The summed E-state index contributed by atoms with van der Waals surface area (Å²) in [5.74, 6) is -0.207. The molecule has 0 radical (unpaired) electrons. The Labute approximate surface area is 137 Å². The predicted octanol–water partition coefficient (Wildman–Crippen LogP) is 1.78. The molecule has 1 aromatic carbocycles. The Bertz CT molecular complexity index is 525. The summed E-state index contributed by atoms with van der Waals surface area (Å²) in [7, 11) is 0. The minimum Gasteiger partial charge on any atom is -0.353 e. The fourth-order valence-corrected chi connectivity index (χ4v) is 2.52. The summed E-state index contributed by atoms with van der Waals surface area (Å²) >= 11 is 0. The molecule has 1 saturated heterocycles. The van der Waals surface area contributed by atoms with Crippen LogP contribution in [0.2, 0.25) is 0 Å². The SMILES string of the molecule is CC(N)C(C)C(=O)NC1CCN(C(=O)Nc2ccccc2)CC1. The Hall–Kier alpha value is -2.08. The summed E-state index contributed by atoms with van der Waals surface area (Å²) in [4.78, 5) is 26.0. The number of likely N-dealkylation sites (tertiary alicyclic amines) is 1. The van der Waals surface area contributed by atoms with Crippen molar-refractivity contribution in [2.45, 2.75) is 38.8 Å². The maximum atomic E-state index is 12.2. The average molecular weight is 318 g/mol. The summed E-state index contributed by atoms with van der Waals surface area (Å²) in [5, 5.41) is 5.92. The number of rotatable bonds is 4. The second kappa shape index (κ2) is 7.97. The van der Waals surface area contributed by atoms with E-state index in [9.17, 15) is 9.59 Å². The Kier molecular flexibility index (Phi) is 5.98. The van der Waals surface area contributed by atoms with Crippen LogP contribution in [0.3, 0.4) is 0 Å². The molecule has 3 amide bonds. The first-order chi connectivity index (χ1) is 11.0. The lowest BCUT2D eigenvalue weighted by Gasteiger charge is -2.33. The minimum atomic E-state index is -0.200. The van der Waals surface area contributed by atoms with Gasteiger partial charge in [-0.2, -0.15) is 0 Å². The molecule has 6 nitrogen and oxygen atoms in total. The summed E-state index contributed by atoms with van der Waals surface area (Å²) < 4.78 is 0. The van der Waals surface area contributed by atoms with Crippen LogP contribution in [-0.2, 0) is 4.79 Å². The smallest absolute Gasteiger partial charge is 0.321 e. The molecule has 2 rings (SSSR count). The third-order valence-corrected chi connectivity index (χ3v) is 4.36. The highest BCUT2D eigenvalue weighted by Gasteiger charge is 2.26. The number of hydrogen-bond donors (Lipinski definition) is 3. The third kappa shape index (κ3) is 4.96. The van der Waals surface area contributed by atoms with Crippen LogP contribution in [-0.4, -0.2) is 42.0 Å². The zero-order valence-electron chi connectivity index (χ0n) is 13.8. The van der Waals surface area contributed by atoms with Crippen molar-refractivity contribution in [3.05, 3.63) is 30.3 Å². The number of para-hydroxylation sites is 1. The van der Waals surface area contributed by atoms with E-state index in [1.807, 2.05) is 44.2 Å². The van der Waals surface area contributed by atoms with Crippen LogP contribution in [0.15, 0.2) is 30.3 Å². The molecule has 0 aliphatic carbocycles. The lowest BCUT2D eigenvalue weighted by atomic mass is 10.0. The fourth-order valence-electron chi connectivity index (χ4n) is 2.52. The largest absolute Gasteiger partial charge is 0.353 e. The molecular formula is C17H26N4O2. The number of piperidine rings is 1. The number of nitrogens with zero attached hydrogens (tertiary/aromatic N) is 1. The van der Waals surface area contributed by atoms with Gasteiger partial charge in [0.25, 0.3) is 0 Å². The first kappa shape index (κ1) is 17.3. The number of urea groups is 1. The zero-order valence-corrected chi connectivity index (χ0v) is 13.8. The second-order valence-corrected chi connectivity index (χ2v) is 6.21. The number of carbonyl (C=O) groups excluding carboxylic acids is 2. The molecule has 0 aromatic heterocycles. The number of hydrogen-bond acceptors (Lipinski definition) is 3. The van der Waals surface area contributed by atoms with Crippen molar-refractivity contribution in [2.75, 3.05) is 18.4 Å². The fraction of sp³-hybridized carbons (Fsp3) is 0.529. The Morgan fingerprint density at radius 2 is 1.78 bits per heavy atom. The number of anilines is 1. The molecule has 1 aliphatic rings. The van der Waals surface area contributed by atoms with Gasteiger partial charge in [-0.15, -0.1) is 0 Å². The quantitative estimate of drug-likeness (QED) is 0.791. The van der Waals surface area contributed by atoms with E-state index in [-0.39, 0.29) is 29.9 Å². The summed E-state index contributed by atoms with van der Waals surface area (Å²) in [5.41, 5.74) is 6.55. The molecule has 2 atom stereocenters. The Balaban J connectivity index is 1.77. The molecule has 1 heterocycles. The number of nitrogens with two attached hydrogens (primary N) is 1. The first-order valence-corrected chi connectivity index (χ1v) is 8.14. The van der Waals surface area contributed by atoms with Gasteiger partial charge in [-0.05, 0) is 31.9 Å². The monoisotopic (exact) mass is 318 g/mol. The molecule has 1 aromatic rings. The van der Waals surface area contributed by atoms with Gasteiger partial charge in [0, 0.05) is 36.8 Å². The van der Waals surface area contributed by atoms with Crippen LogP contribution in [0.4, 0.5) is 10.5 Å². The molecule has 0 spiro atoms. The van der Waals surface area contributed by atoms with E-state index in [0.717, 1.165) is 18.5 Å². The van der Waals surface area contributed by atoms with Gasteiger partial charge >= 0.3 is 6.03 Å². The van der Waals surface area contributed by atoms with E-state index in [0.29, 0.717) is 13.1 Å². The van der Waals surface area contributed by atoms with E-state index < -0.39 is 0 Å². The van der Waals surface area contributed by atoms with E-state index >= 15 is 0 Å².